The Morgan fingerprint density at radius 3 is 2.47 bits per heavy atom. The van der Waals surface area contributed by atoms with Crippen LogP contribution in [-0.4, -0.2) is 31.3 Å². The zero-order chi connectivity index (χ0) is 10.5. The molecular formula is C11H18Cl2N2O2. The quantitative estimate of drug-likeness (QED) is 0.921. The zero-order valence-corrected chi connectivity index (χ0v) is 11.4. The Hall–Kier alpha value is -0.710. The van der Waals surface area contributed by atoms with Gasteiger partial charge in [0.15, 0.2) is 0 Å². The molecule has 1 saturated heterocycles. The largest absolute Gasteiger partial charge is 0.489 e. The lowest BCUT2D eigenvalue weighted by Crippen LogP contribution is -2.34. The van der Waals surface area contributed by atoms with Crippen molar-refractivity contribution in [3.05, 3.63) is 18.3 Å². The summed E-state index contributed by atoms with van der Waals surface area (Å²) in [6, 6.07) is 3.71. The first-order chi connectivity index (χ1) is 7.38. The van der Waals surface area contributed by atoms with Gasteiger partial charge in [-0.1, -0.05) is 0 Å². The minimum absolute atomic E-state index is 0. The fourth-order valence-corrected chi connectivity index (χ4v) is 1.66. The number of nitrogens with zero attached hydrogens (tertiary/aromatic N) is 1. The molecule has 98 valence electrons. The molecule has 0 radical (unpaired) electrons. The Balaban J connectivity index is 0.00000128. The van der Waals surface area contributed by atoms with Crippen molar-refractivity contribution in [3.8, 4) is 11.6 Å². The highest BCUT2D eigenvalue weighted by atomic mass is 35.5. The van der Waals surface area contributed by atoms with Crippen molar-refractivity contribution in [2.75, 3.05) is 20.2 Å². The molecule has 1 N–H and O–H groups in total. The van der Waals surface area contributed by atoms with Crippen molar-refractivity contribution >= 4 is 24.8 Å². The average Bonchev–Trinajstić information content (AvgIpc) is 2.31. The van der Waals surface area contributed by atoms with E-state index in [2.05, 4.69) is 10.3 Å². The van der Waals surface area contributed by atoms with E-state index < -0.39 is 0 Å². The van der Waals surface area contributed by atoms with Crippen LogP contribution in [0.25, 0.3) is 0 Å². The molecule has 0 amide bonds. The minimum atomic E-state index is 0. The fraction of sp³-hybridized carbons (Fsp3) is 0.545. The highest BCUT2D eigenvalue weighted by Gasteiger charge is 2.14. The van der Waals surface area contributed by atoms with E-state index >= 15 is 0 Å². The first-order valence-electron chi connectivity index (χ1n) is 5.26. The van der Waals surface area contributed by atoms with E-state index in [1.165, 1.54) is 0 Å². The maximum absolute atomic E-state index is 5.80. The predicted molar refractivity (Wildman–Crippen MR) is 71.8 cm³/mol. The summed E-state index contributed by atoms with van der Waals surface area (Å²) < 4.78 is 10.8. The molecule has 1 aliphatic rings. The Labute approximate surface area is 114 Å². The normalized spacial score (nSPS) is 15.4. The monoisotopic (exact) mass is 280 g/mol. The van der Waals surface area contributed by atoms with E-state index in [1.54, 1.807) is 13.3 Å². The number of nitrogens with one attached hydrogen (secondary N) is 1. The van der Waals surface area contributed by atoms with Gasteiger partial charge in [0.1, 0.15) is 11.9 Å². The lowest BCUT2D eigenvalue weighted by atomic mass is 10.1. The average molecular weight is 281 g/mol. The first-order valence-corrected chi connectivity index (χ1v) is 5.26. The summed E-state index contributed by atoms with van der Waals surface area (Å²) in [4.78, 5) is 4.10. The number of ether oxygens (including phenoxy) is 2. The lowest BCUT2D eigenvalue weighted by Gasteiger charge is -2.23. The summed E-state index contributed by atoms with van der Waals surface area (Å²) >= 11 is 0. The van der Waals surface area contributed by atoms with Crippen molar-refractivity contribution in [2.24, 2.45) is 0 Å². The number of hydrogen-bond acceptors (Lipinski definition) is 4. The van der Waals surface area contributed by atoms with Crippen LogP contribution in [-0.2, 0) is 0 Å². The third-order valence-corrected chi connectivity index (χ3v) is 2.51. The van der Waals surface area contributed by atoms with E-state index in [4.69, 9.17) is 9.47 Å². The van der Waals surface area contributed by atoms with Gasteiger partial charge in [-0.3, -0.25) is 0 Å². The number of hydrogen-bond donors (Lipinski definition) is 1. The number of halogens is 2. The second-order valence-electron chi connectivity index (χ2n) is 3.60. The molecule has 4 nitrogen and oxygen atoms in total. The van der Waals surface area contributed by atoms with Crippen molar-refractivity contribution in [3.63, 3.8) is 0 Å². The third-order valence-electron chi connectivity index (χ3n) is 2.51. The van der Waals surface area contributed by atoms with E-state index in [9.17, 15) is 0 Å². The van der Waals surface area contributed by atoms with Crippen LogP contribution in [0.5, 0.6) is 11.6 Å². The van der Waals surface area contributed by atoms with Crippen molar-refractivity contribution < 1.29 is 9.47 Å². The van der Waals surface area contributed by atoms with Gasteiger partial charge in [-0.2, -0.15) is 0 Å². The summed E-state index contributed by atoms with van der Waals surface area (Å²) in [5.41, 5.74) is 0. The fourth-order valence-electron chi connectivity index (χ4n) is 1.66. The van der Waals surface area contributed by atoms with Gasteiger partial charge in [0, 0.05) is 6.07 Å². The lowest BCUT2D eigenvalue weighted by molar-refractivity contribution is 0.161. The SMILES string of the molecule is COc1ccc(OC2CCNCC2)cn1.Cl.Cl. The van der Waals surface area contributed by atoms with Gasteiger partial charge in [-0.15, -0.1) is 24.8 Å². The van der Waals surface area contributed by atoms with Crippen LogP contribution >= 0.6 is 24.8 Å². The smallest absolute Gasteiger partial charge is 0.213 e. The maximum atomic E-state index is 5.80. The molecule has 6 heteroatoms. The van der Waals surface area contributed by atoms with E-state index in [1.807, 2.05) is 12.1 Å². The van der Waals surface area contributed by atoms with Gasteiger partial charge in [0.25, 0.3) is 0 Å². The maximum Gasteiger partial charge on any atom is 0.213 e. The van der Waals surface area contributed by atoms with Crippen LogP contribution in [0.1, 0.15) is 12.8 Å². The van der Waals surface area contributed by atoms with Crippen LogP contribution in [0.3, 0.4) is 0 Å². The number of pyridine rings is 1. The molecule has 2 heterocycles. The van der Waals surface area contributed by atoms with Crippen LogP contribution in [0.15, 0.2) is 18.3 Å². The summed E-state index contributed by atoms with van der Waals surface area (Å²) in [6.07, 6.45) is 4.15. The molecule has 0 saturated carbocycles. The predicted octanol–water partition coefficient (Wildman–Crippen LogP) is 2.06. The molecule has 0 spiro atoms. The number of aromatic nitrogens is 1. The highest BCUT2D eigenvalue weighted by Crippen LogP contribution is 2.17. The second-order valence-corrected chi connectivity index (χ2v) is 3.60. The van der Waals surface area contributed by atoms with Crippen molar-refractivity contribution in [1.82, 2.24) is 10.3 Å². The Morgan fingerprint density at radius 1 is 1.24 bits per heavy atom. The van der Waals surface area contributed by atoms with Gasteiger partial charge in [0.2, 0.25) is 5.88 Å². The molecule has 2 rings (SSSR count). The molecule has 17 heavy (non-hydrogen) atoms. The van der Waals surface area contributed by atoms with Crippen molar-refractivity contribution in [2.45, 2.75) is 18.9 Å². The van der Waals surface area contributed by atoms with Gasteiger partial charge < -0.3 is 14.8 Å². The molecule has 0 atom stereocenters. The molecule has 0 unspecified atom stereocenters. The molecular weight excluding hydrogens is 263 g/mol. The van der Waals surface area contributed by atoms with Crippen LogP contribution in [0, 0.1) is 0 Å². The molecule has 0 aliphatic carbocycles. The van der Waals surface area contributed by atoms with E-state index in [0.29, 0.717) is 12.0 Å². The van der Waals surface area contributed by atoms with Gasteiger partial charge in [-0.25, -0.2) is 4.98 Å². The van der Waals surface area contributed by atoms with Gasteiger partial charge in [0.05, 0.1) is 13.3 Å². The summed E-state index contributed by atoms with van der Waals surface area (Å²) in [7, 11) is 1.61. The summed E-state index contributed by atoms with van der Waals surface area (Å²) in [5, 5.41) is 3.30. The zero-order valence-electron chi connectivity index (χ0n) is 9.72. The summed E-state index contributed by atoms with van der Waals surface area (Å²) in [5.74, 6) is 1.44. The molecule has 1 fully saturated rings. The number of methoxy groups -OCH3 is 1. The van der Waals surface area contributed by atoms with Crippen molar-refractivity contribution in [1.29, 1.82) is 0 Å². The molecule has 0 bridgehead atoms. The molecule has 1 aliphatic heterocycles. The molecule has 1 aromatic rings. The number of piperidine rings is 1. The summed E-state index contributed by atoms with van der Waals surface area (Å²) in [6.45, 7) is 2.07. The second kappa shape index (κ2) is 8.39. The Bertz CT molecular complexity index is 303. The van der Waals surface area contributed by atoms with E-state index in [-0.39, 0.29) is 24.8 Å². The minimum Gasteiger partial charge on any atom is -0.489 e. The molecule has 1 aromatic heterocycles. The van der Waals surface area contributed by atoms with E-state index in [0.717, 1.165) is 31.7 Å². The number of rotatable bonds is 3. The molecule has 0 aromatic carbocycles. The van der Waals surface area contributed by atoms with Gasteiger partial charge in [-0.05, 0) is 32.0 Å². The van der Waals surface area contributed by atoms with Crippen LogP contribution in [0.4, 0.5) is 0 Å². The van der Waals surface area contributed by atoms with Crippen LogP contribution in [0.2, 0.25) is 0 Å². The highest BCUT2D eigenvalue weighted by molar-refractivity contribution is 5.85. The third kappa shape index (κ3) is 4.98. The topological polar surface area (TPSA) is 43.4 Å². The van der Waals surface area contributed by atoms with Crippen LogP contribution < -0.4 is 14.8 Å². The van der Waals surface area contributed by atoms with Gasteiger partial charge >= 0.3 is 0 Å². The Morgan fingerprint density at radius 2 is 1.94 bits per heavy atom. The first kappa shape index (κ1) is 16.3. The standard InChI is InChI=1S/C11H16N2O2.2ClH/c1-14-11-3-2-10(8-13-11)15-9-4-6-12-7-5-9;;/h2-3,8-9,12H,4-7H2,1H3;2*1H. The Kier molecular flexibility index (Phi) is 8.04.